The Morgan fingerprint density at radius 1 is 0.774 bits per heavy atom. The number of aryl methyl sites for hydroxylation is 1. The summed E-state index contributed by atoms with van der Waals surface area (Å²) < 4.78 is 28.2. The van der Waals surface area contributed by atoms with Crippen LogP contribution < -0.4 is 0 Å². The van der Waals surface area contributed by atoms with Crippen molar-refractivity contribution in [2.75, 3.05) is 0 Å². The smallest absolute Gasteiger partial charge is 0.166 e. The lowest BCUT2D eigenvalue weighted by Crippen LogP contribution is -2.25. The first-order valence-electron chi connectivity index (χ1n) is 12.5. The van der Waals surface area contributed by atoms with Crippen LogP contribution in [0.15, 0.2) is 43.0 Å². The van der Waals surface area contributed by atoms with Crippen LogP contribution in [0.1, 0.15) is 81.8 Å². The molecule has 1 atom stereocenters. The maximum absolute atomic E-state index is 14.3. The van der Waals surface area contributed by atoms with E-state index < -0.39 is 11.6 Å². The van der Waals surface area contributed by atoms with Crippen molar-refractivity contribution in [2.24, 2.45) is 29.6 Å². The summed E-state index contributed by atoms with van der Waals surface area (Å²) in [5, 5.41) is 0. The number of allylic oxidation sites excluding steroid dienone is 5. The highest BCUT2D eigenvalue weighted by Crippen LogP contribution is 2.42. The minimum atomic E-state index is -0.704. The van der Waals surface area contributed by atoms with Gasteiger partial charge >= 0.3 is 0 Å². The molecule has 0 aromatic heterocycles. The monoisotopic (exact) mass is 424 g/mol. The van der Waals surface area contributed by atoms with Crippen molar-refractivity contribution >= 4 is 5.57 Å². The van der Waals surface area contributed by atoms with Gasteiger partial charge in [0.15, 0.2) is 11.6 Å². The summed E-state index contributed by atoms with van der Waals surface area (Å²) in [6.45, 7) is 5.59. The molecule has 1 aromatic carbocycles. The molecule has 4 rings (SSSR count). The van der Waals surface area contributed by atoms with E-state index in [-0.39, 0.29) is 0 Å². The molecular formula is C29H38F2. The largest absolute Gasteiger partial charge is 0.203 e. The van der Waals surface area contributed by atoms with Crippen molar-refractivity contribution in [3.8, 4) is 0 Å². The molecular weight excluding hydrogens is 386 g/mol. The standard InChI is InChI=1S/C29H38F2/c1-3-21-7-13-24(14-8-21)25-15-9-22(10-16-25)5-6-23-11-17-26(18-12-23)27-19-4-20(2)28(30)29(27)31/h3-6,17,19,21-25H,1,7-16,18H2,2H3. The molecule has 2 saturated carbocycles. The summed E-state index contributed by atoms with van der Waals surface area (Å²) in [6, 6.07) is 3.42. The third-order valence-corrected chi connectivity index (χ3v) is 8.36. The van der Waals surface area contributed by atoms with Gasteiger partial charge < -0.3 is 0 Å². The van der Waals surface area contributed by atoms with Crippen LogP contribution in [0, 0.1) is 48.1 Å². The van der Waals surface area contributed by atoms with E-state index in [1.165, 1.54) is 51.4 Å². The highest BCUT2D eigenvalue weighted by atomic mass is 19.2. The van der Waals surface area contributed by atoms with Gasteiger partial charge in [-0.3, -0.25) is 0 Å². The summed E-state index contributed by atoms with van der Waals surface area (Å²) in [7, 11) is 0. The van der Waals surface area contributed by atoms with E-state index >= 15 is 0 Å². The molecule has 0 saturated heterocycles. The summed E-state index contributed by atoms with van der Waals surface area (Å²) >= 11 is 0. The van der Waals surface area contributed by atoms with Gasteiger partial charge in [-0.2, -0.15) is 0 Å². The molecule has 0 heterocycles. The quantitative estimate of drug-likeness (QED) is 0.414. The zero-order valence-corrected chi connectivity index (χ0v) is 19.1. The molecule has 0 nitrogen and oxygen atoms in total. The molecule has 2 heteroatoms. The molecule has 0 bridgehead atoms. The first-order valence-corrected chi connectivity index (χ1v) is 12.5. The van der Waals surface area contributed by atoms with Gasteiger partial charge in [0.2, 0.25) is 0 Å². The van der Waals surface area contributed by atoms with Crippen molar-refractivity contribution in [1.82, 2.24) is 0 Å². The van der Waals surface area contributed by atoms with Crippen molar-refractivity contribution in [3.05, 3.63) is 65.8 Å². The van der Waals surface area contributed by atoms with Crippen LogP contribution in [0.2, 0.25) is 0 Å². The van der Waals surface area contributed by atoms with Crippen molar-refractivity contribution in [2.45, 2.75) is 77.6 Å². The highest BCUT2D eigenvalue weighted by molar-refractivity contribution is 5.67. The molecule has 0 aliphatic heterocycles. The average molecular weight is 425 g/mol. The lowest BCUT2D eigenvalue weighted by atomic mass is 9.69. The van der Waals surface area contributed by atoms with Gasteiger partial charge in [-0.05, 0) is 118 Å². The average Bonchev–Trinajstić information content (AvgIpc) is 2.82. The lowest BCUT2D eigenvalue weighted by Gasteiger charge is -2.37. The minimum Gasteiger partial charge on any atom is -0.203 e. The Kier molecular flexibility index (Phi) is 7.46. The van der Waals surface area contributed by atoms with Gasteiger partial charge in [-0.25, -0.2) is 8.78 Å². The molecule has 31 heavy (non-hydrogen) atoms. The Morgan fingerprint density at radius 2 is 1.39 bits per heavy atom. The molecule has 0 amide bonds. The fourth-order valence-corrected chi connectivity index (χ4v) is 6.14. The first kappa shape index (κ1) is 22.5. The predicted molar refractivity (Wildman–Crippen MR) is 127 cm³/mol. The predicted octanol–water partition coefficient (Wildman–Crippen LogP) is 8.81. The van der Waals surface area contributed by atoms with E-state index in [1.54, 1.807) is 19.1 Å². The van der Waals surface area contributed by atoms with E-state index in [4.69, 9.17) is 0 Å². The summed E-state index contributed by atoms with van der Waals surface area (Å²) in [5.74, 6) is 2.54. The van der Waals surface area contributed by atoms with Crippen LogP contribution in [0.25, 0.3) is 5.57 Å². The fourth-order valence-electron chi connectivity index (χ4n) is 6.14. The number of hydrogen-bond acceptors (Lipinski definition) is 0. The Labute approximate surface area is 187 Å². The van der Waals surface area contributed by atoms with Gasteiger partial charge in [0.25, 0.3) is 0 Å². The second kappa shape index (κ2) is 10.3. The molecule has 168 valence electrons. The third-order valence-electron chi connectivity index (χ3n) is 8.36. The van der Waals surface area contributed by atoms with E-state index in [2.05, 4.69) is 30.9 Å². The summed E-state index contributed by atoms with van der Waals surface area (Å²) in [6.07, 6.45) is 22.9. The van der Waals surface area contributed by atoms with Gasteiger partial charge in [0.05, 0.1) is 0 Å². The molecule has 3 aliphatic carbocycles. The summed E-state index contributed by atoms with van der Waals surface area (Å²) in [4.78, 5) is 0. The van der Waals surface area contributed by atoms with Gasteiger partial charge in [-0.1, -0.05) is 36.4 Å². The van der Waals surface area contributed by atoms with Crippen LogP contribution in [0.4, 0.5) is 8.78 Å². The van der Waals surface area contributed by atoms with E-state index in [9.17, 15) is 8.78 Å². The lowest BCUT2D eigenvalue weighted by molar-refractivity contribution is 0.166. The van der Waals surface area contributed by atoms with Gasteiger partial charge in [0, 0.05) is 5.56 Å². The minimum absolute atomic E-state index is 0.373. The molecule has 1 unspecified atom stereocenters. The zero-order valence-electron chi connectivity index (χ0n) is 19.1. The molecule has 2 fully saturated rings. The molecule has 0 spiro atoms. The van der Waals surface area contributed by atoms with Crippen LogP contribution in [0.3, 0.4) is 0 Å². The van der Waals surface area contributed by atoms with Crippen molar-refractivity contribution in [3.63, 3.8) is 0 Å². The number of hydrogen-bond donors (Lipinski definition) is 0. The topological polar surface area (TPSA) is 0 Å². The van der Waals surface area contributed by atoms with Crippen LogP contribution in [-0.4, -0.2) is 0 Å². The number of rotatable bonds is 5. The number of halogens is 2. The normalized spacial score (nSPS) is 32.1. The highest BCUT2D eigenvalue weighted by Gasteiger charge is 2.29. The Balaban J connectivity index is 1.25. The van der Waals surface area contributed by atoms with Gasteiger partial charge in [-0.15, -0.1) is 6.58 Å². The van der Waals surface area contributed by atoms with Crippen LogP contribution in [-0.2, 0) is 0 Å². The Morgan fingerprint density at radius 3 is 1.97 bits per heavy atom. The first-order chi connectivity index (χ1) is 15.0. The Hall–Kier alpha value is -1.70. The van der Waals surface area contributed by atoms with Gasteiger partial charge in [0.1, 0.15) is 0 Å². The van der Waals surface area contributed by atoms with Crippen LogP contribution >= 0.6 is 0 Å². The maximum Gasteiger partial charge on any atom is 0.166 e. The second-order valence-electron chi connectivity index (χ2n) is 10.3. The van der Waals surface area contributed by atoms with E-state index in [0.717, 1.165) is 48.5 Å². The summed E-state index contributed by atoms with van der Waals surface area (Å²) in [5.41, 5.74) is 1.79. The second-order valence-corrected chi connectivity index (χ2v) is 10.3. The van der Waals surface area contributed by atoms with E-state index in [1.807, 2.05) is 0 Å². The molecule has 3 aliphatic rings. The van der Waals surface area contributed by atoms with E-state index in [0.29, 0.717) is 17.0 Å². The molecule has 0 N–H and O–H groups in total. The third kappa shape index (κ3) is 5.38. The molecule has 1 aromatic rings. The SMILES string of the molecule is C=CC1CCC(C2CCC(C=CC3CC=C(c4ccc(C)c(F)c4F)CC3)CC2)CC1. The van der Waals surface area contributed by atoms with Crippen LogP contribution in [0.5, 0.6) is 0 Å². The van der Waals surface area contributed by atoms with Crippen molar-refractivity contribution in [1.29, 1.82) is 0 Å². The Bertz CT molecular complexity index is 817. The maximum atomic E-state index is 14.3. The fraction of sp³-hybridized carbons (Fsp3) is 0.586. The number of benzene rings is 1. The molecule has 0 radical (unpaired) electrons. The van der Waals surface area contributed by atoms with Crippen molar-refractivity contribution < 1.29 is 8.78 Å². The zero-order chi connectivity index (χ0) is 21.8.